The van der Waals surface area contributed by atoms with Gasteiger partial charge >= 0.3 is 59.1 Å². The van der Waals surface area contributed by atoms with E-state index < -0.39 is 41.5 Å². The number of phenols is 2. The molecule has 0 radical (unpaired) electrons. The fraction of sp³-hybridized carbons (Fsp3) is 0. The molecule has 2 N–H and O–H groups in total. The quantitative estimate of drug-likeness (QED) is 0.303. The number of rotatable bonds is 2. The Kier molecular flexibility index (Phi) is 7.38. The minimum Gasteiger partial charge on any atom is -0.744 e. The van der Waals surface area contributed by atoms with Crippen LogP contribution < -0.4 is 59.1 Å². The Morgan fingerprint density at radius 2 is 0.955 bits per heavy atom. The Balaban J connectivity index is 0.00000220. The van der Waals surface area contributed by atoms with Gasteiger partial charge < -0.3 is 19.3 Å². The molecule has 0 aromatic heterocycles. The van der Waals surface area contributed by atoms with Crippen LogP contribution in [0, 0.1) is 0 Å². The van der Waals surface area contributed by atoms with Crippen LogP contribution >= 0.6 is 0 Å². The van der Waals surface area contributed by atoms with Gasteiger partial charge in [-0.15, -0.1) is 0 Å². The van der Waals surface area contributed by atoms with Crippen molar-refractivity contribution in [1.82, 2.24) is 0 Å². The molecule has 0 bridgehead atoms. The largest absolute Gasteiger partial charge is 1.00 e. The third kappa shape index (κ3) is 4.57. The molecule has 108 valence electrons. The van der Waals surface area contributed by atoms with Crippen molar-refractivity contribution in [2.24, 2.45) is 0 Å². The van der Waals surface area contributed by atoms with E-state index in [0.29, 0.717) is 12.1 Å². The molecule has 0 heterocycles. The number of aromatic hydroxyl groups is 2. The zero-order valence-electron chi connectivity index (χ0n) is 11.5. The van der Waals surface area contributed by atoms with E-state index in [2.05, 4.69) is 0 Å². The molecular weight excluding hydrogens is 358 g/mol. The molecule has 2 aromatic rings. The van der Waals surface area contributed by atoms with E-state index in [1.165, 1.54) is 0 Å². The second-order valence-electron chi connectivity index (χ2n) is 3.90. The maximum Gasteiger partial charge on any atom is 1.00 e. The van der Waals surface area contributed by atoms with Gasteiger partial charge in [-0.05, 0) is 35.0 Å². The summed E-state index contributed by atoms with van der Waals surface area (Å²) >= 11 is 0. The number of fused-ring (bicyclic) bond motifs is 1. The molecule has 8 nitrogen and oxygen atoms in total. The summed E-state index contributed by atoms with van der Waals surface area (Å²) in [6.07, 6.45) is 0. The maximum atomic E-state index is 11.0. The predicted octanol–water partition coefficient (Wildman–Crippen LogP) is -5.93. The normalized spacial score (nSPS) is 11.5. The summed E-state index contributed by atoms with van der Waals surface area (Å²) in [4.78, 5) is -2.41. The van der Waals surface area contributed by atoms with Crippen molar-refractivity contribution in [3.05, 3.63) is 24.3 Å². The van der Waals surface area contributed by atoms with Gasteiger partial charge in [-0.3, -0.25) is 0 Å². The second-order valence-corrected chi connectivity index (χ2v) is 6.59. The van der Waals surface area contributed by atoms with Gasteiger partial charge in [-0.2, -0.15) is 0 Å². The summed E-state index contributed by atoms with van der Waals surface area (Å²) < 4.78 is 66.2. The Hall–Kier alpha value is 0.120. The van der Waals surface area contributed by atoms with Gasteiger partial charge in [-0.1, -0.05) is 0 Å². The smallest absolute Gasteiger partial charge is 0.744 e. The summed E-state index contributed by atoms with van der Waals surface area (Å²) in [6.45, 7) is 0. The summed E-state index contributed by atoms with van der Waals surface area (Å²) in [6, 6.07) is 3.17. The minimum absolute atomic E-state index is 0. The molecule has 0 spiro atoms. The molecule has 0 fully saturated rings. The van der Waals surface area contributed by atoms with Crippen molar-refractivity contribution >= 4 is 31.0 Å². The van der Waals surface area contributed by atoms with Crippen LogP contribution in [0.3, 0.4) is 0 Å². The van der Waals surface area contributed by atoms with Gasteiger partial charge in [0, 0.05) is 0 Å². The van der Waals surface area contributed by atoms with Crippen LogP contribution in [0.5, 0.6) is 11.5 Å². The molecule has 0 unspecified atom stereocenters. The number of hydrogen-bond acceptors (Lipinski definition) is 8. The van der Waals surface area contributed by atoms with Crippen LogP contribution in [0.15, 0.2) is 34.1 Å². The topological polar surface area (TPSA) is 155 Å². The van der Waals surface area contributed by atoms with Crippen molar-refractivity contribution < 1.29 is 95.3 Å². The fourth-order valence-corrected chi connectivity index (χ4v) is 3.44. The monoisotopic (exact) mass is 364 g/mol. The first-order valence-corrected chi connectivity index (χ1v) is 7.73. The molecule has 12 heteroatoms. The summed E-state index contributed by atoms with van der Waals surface area (Å²) in [5.74, 6) is -1.19. The predicted molar refractivity (Wildman–Crippen MR) is 63.2 cm³/mol. The van der Waals surface area contributed by atoms with Gasteiger partial charge in [0.15, 0.2) is 11.5 Å². The molecule has 0 aliphatic rings. The van der Waals surface area contributed by atoms with E-state index in [4.69, 9.17) is 0 Å². The Morgan fingerprint density at radius 1 is 0.682 bits per heavy atom. The van der Waals surface area contributed by atoms with Crippen LogP contribution in [-0.4, -0.2) is 36.2 Å². The Bertz CT molecular complexity index is 845. The first-order valence-electron chi connectivity index (χ1n) is 4.91. The molecule has 0 amide bonds. The van der Waals surface area contributed by atoms with Gasteiger partial charge in [0.2, 0.25) is 0 Å². The average Bonchev–Trinajstić information content (AvgIpc) is 2.26. The zero-order chi connectivity index (χ0) is 15.3. The van der Waals surface area contributed by atoms with Crippen molar-refractivity contribution in [1.29, 1.82) is 0 Å². The molecule has 0 saturated carbocycles. The van der Waals surface area contributed by atoms with E-state index >= 15 is 0 Å². The van der Waals surface area contributed by atoms with E-state index in [0.717, 1.165) is 12.1 Å². The zero-order valence-corrected chi connectivity index (χ0v) is 17.1. The summed E-state index contributed by atoms with van der Waals surface area (Å²) in [5.41, 5.74) is 0. The van der Waals surface area contributed by atoms with Crippen LogP contribution in [0.2, 0.25) is 0 Å². The van der Waals surface area contributed by atoms with Crippen molar-refractivity contribution in [3.63, 3.8) is 0 Å². The van der Waals surface area contributed by atoms with Crippen LogP contribution in [-0.2, 0) is 20.2 Å². The molecule has 22 heavy (non-hydrogen) atoms. The maximum absolute atomic E-state index is 11.0. The summed E-state index contributed by atoms with van der Waals surface area (Å²) in [7, 11) is -10.4. The minimum atomic E-state index is -5.20. The average molecular weight is 364 g/mol. The SMILES string of the molecule is O=S(=O)([O-])c1cc2cc(O)c(O)cc2cc1S(=O)(=O)[O-].[Na+].[Na+]. The molecule has 2 aromatic carbocycles. The Morgan fingerprint density at radius 3 is 1.18 bits per heavy atom. The molecule has 0 atom stereocenters. The molecule has 0 aliphatic carbocycles. The van der Waals surface area contributed by atoms with E-state index in [9.17, 15) is 36.2 Å². The first kappa shape index (κ1) is 22.1. The van der Waals surface area contributed by atoms with Crippen molar-refractivity contribution in [2.45, 2.75) is 9.79 Å². The van der Waals surface area contributed by atoms with Gasteiger partial charge in [0.1, 0.15) is 20.2 Å². The number of phenolic OH excluding ortho intramolecular Hbond substituents is 2. The van der Waals surface area contributed by atoms with Gasteiger partial charge in [0.05, 0.1) is 9.79 Å². The third-order valence-electron chi connectivity index (χ3n) is 2.53. The van der Waals surface area contributed by atoms with E-state index in [1.54, 1.807) is 0 Å². The van der Waals surface area contributed by atoms with Crippen LogP contribution in [0.4, 0.5) is 0 Å². The first-order chi connectivity index (χ1) is 9.00. The van der Waals surface area contributed by atoms with Crippen molar-refractivity contribution in [2.75, 3.05) is 0 Å². The number of hydrogen-bond donors (Lipinski definition) is 2. The Labute approximate surface area is 170 Å². The van der Waals surface area contributed by atoms with Crippen LogP contribution in [0.1, 0.15) is 0 Å². The standard InChI is InChI=1S/C10H8O8S2.2Na/c11-7-1-5-3-9(19(13,14)15)10(20(16,17)18)4-6(5)2-8(7)12;;/h1-4,11-12H,(H,13,14,15)(H,16,17,18);;/q;2*+1/p-2. The number of benzene rings is 2. The fourth-order valence-electron chi connectivity index (χ4n) is 1.67. The van der Waals surface area contributed by atoms with Crippen molar-refractivity contribution in [3.8, 4) is 11.5 Å². The molecule has 0 saturated heterocycles. The van der Waals surface area contributed by atoms with E-state index in [-0.39, 0.29) is 69.9 Å². The molecule has 0 aliphatic heterocycles. The summed E-state index contributed by atoms with van der Waals surface area (Å²) in [5, 5.41) is 18.5. The molecular formula is C10H6Na2O8S2. The van der Waals surface area contributed by atoms with Gasteiger partial charge in [-0.25, -0.2) is 16.8 Å². The molecule has 2 rings (SSSR count). The van der Waals surface area contributed by atoms with Gasteiger partial charge in [0.25, 0.3) is 0 Å². The third-order valence-corrected chi connectivity index (χ3v) is 4.42. The van der Waals surface area contributed by atoms with E-state index in [1.807, 2.05) is 0 Å². The second kappa shape index (κ2) is 7.34. The van der Waals surface area contributed by atoms with Crippen LogP contribution in [0.25, 0.3) is 10.8 Å².